The average Bonchev–Trinajstić information content (AvgIpc) is 3.11. The number of hydrogen-bond donors (Lipinski definition) is 2. The maximum atomic E-state index is 13.9. The molecule has 7 heteroatoms. The van der Waals surface area contributed by atoms with Crippen molar-refractivity contribution in [3.63, 3.8) is 0 Å². The smallest absolute Gasteiger partial charge is 0.242 e. The molecule has 0 fully saturated rings. The van der Waals surface area contributed by atoms with E-state index in [1.165, 1.54) is 21.9 Å². The van der Waals surface area contributed by atoms with Gasteiger partial charge in [-0.3, -0.25) is 4.79 Å². The molecule has 146 valence electrons. The van der Waals surface area contributed by atoms with Crippen molar-refractivity contribution in [2.45, 2.75) is 39.4 Å². The lowest BCUT2D eigenvalue weighted by molar-refractivity contribution is -0.122. The molecule has 1 atom stereocenters. The zero-order valence-electron chi connectivity index (χ0n) is 16.0. The van der Waals surface area contributed by atoms with Gasteiger partial charge in [0.25, 0.3) is 0 Å². The molecule has 2 aromatic carbocycles. The first-order valence-electron chi connectivity index (χ1n) is 9.19. The SMILES string of the molecule is Cc1ccccc1CC(C)NC(=O)Cn1cc(-c2ccc(CN)c(F)c2)nn1. The van der Waals surface area contributed by atoms with E-state index in [0.717, 1.165) is 6.42 Å². The number of nitrogens with one attached hydrogen (secondary N) is 1. The quantitative estimate of drug-likeness (QED) is 0.659. The molecule has 0 bridgehead atoms. The Bertz CT molecular complexity index is 969. The fourth-order valence-corrected chi connectivity index (χ4v) is 3.07. The van der Waals surface area contributed by atoms with Crippen LogP contribution in [-0.4, -0.2) is 26.9 Å². The number of benzene rings is 2. The molecule has 0 aliphatic carbocycles. The summed E-state index contributed by atoms with van der Waals surface area (Å²) in [5.74, 6) is -0.528. The van der Waals surface area contributed by atoms with E-state index >= 15 is 0 Å². The number of carbonyl (C=O) groups is 1. The molecule has 0 spiro atoms. The van der Waals surface area contributed by atoms with Gasteiger partial charge in [0.05, 0.1) is 6.20 Å². The van der Waals surface area contributed by atoms with Gasteiger partial charge >= 0.3 is 0 Å². The first-order chi connectivity index (χ1) is 13.5. The van der Waals surface area contributed by atoms with Crippen LogP contribution in [0, 0.1) is 12.7 Å². The highest BCUT2D eigenvalue weighted by Gasteiger charge is 2.12. The number of rotatable bonds is 7. The van der Waals surface area contributed by atoms with Crippen molar-refractivity contribution in [3.8, 4) is 11.3 Å². The minimum atomic E-state index is -0.377. The van der Waals surface area contributed by atoms with E-state index in [-0.39, 0.29) is 30.9 Å². The van der Waals surface area contributed by atoms with Gasteiger partial charge in [-0.25, -0.2) is 9.07 Å². The molecule has 6 nitrogen and oxygen atoms in total. The predicted octanol–water partition coefficient (Wildman–Crippen LogP) is 2.60. The van der Waals surface area contributed by atoms with E-state index in [9.17, 15) is 9.18 Å². The monoisotopic (exact) mass is 381 g/mol. The summed E-state index contributed by atoms with van der Waals surface area (Å²) in [6, 6.07) is 12.9. The molecule has 3 rings (SSSR count). The standard InChI is InChI=1S/C21H24FN5O/c1-14-5-3-4-6-16(14)9-15(2)24-21(28)13-27-12-20(25-26-27)17-7-8-18(11-23)19(22)10-17/h3-8,10,12,15H,9,11,13,23H2,1-2H3,(H,24,28). The molecule has 1 heterocycles. The summed E-state index contributed by atoms with van der Waals surface area (Å²) in [5.41, 5.74) is 9.43. The summed E-state index contributed by atoms with van der Waals surface area (Å²) in [6.07, 6.45) is 2.39. The van der Waals surface area contributed by atoms with E-state index < -0.39 is 0 Å². The molecule has 1 amide bonds. The largest absolute Gasteiger partial charge is 0.352 e. The molecule has 0 aliphatic heterocycles. The zero-order valence-corrected chi connectivity index (χ0v) is 16.0. The van der Waals surface area contributed by atoms with Crippen LogP contribution in [-0.2, 0) is 24.3 Å². The van der Waals surface area contributed by atoms with Crippen molar-refractivity contribution in [3.05, 3.63) is 71.2 Å². The molecule has 1 unspecified atom stereocenters. The van der Waals surface area contributed by atoms with Crippen LogP contribution in [0.4, 0.5) is 4.39 Å². The van der Waals surface area contributed by atoms with Gasteiger partial charge in [-0.1, -0.05) is 41.6 Å². The van der Waals surface area contributed by atoms with Gasteiger partial charge in [0, 0.05) is 23.7 Å². The second kappa shape index (κ2) is 8.75. The first kappa shape index (κ1) is 19.7. The normalized spacial score (nSPS) is 12.0. The van der Waals surface area contributed by atoms with Gasteiger partial charge < -0.3 is 11.1 Å². The number of amides is 1. The first-order valence-corrected chi connectivity index (χ1v) is 9.19. The Morgan fingerprint density at radius 2 is 2.04 bits per heavy atom. The molecule has 0 saturated heterocycles. The highest BCUT2D eigenvalue weighted by Crippen LogP contribution is 2.19. The Labute approximate surface area is 163 Å². The van der Waals surface area contributed by atoms with Crippen molar-refractivity contribution in [2.75, 3.05) is 0 Å². The average molecular weight is 381 g/mol. The second-order valence-electron chi connectivity index (χ2n) is 6.91. The minimum absolute atomic E-state index is 0.00510. The number of halogens is 1. The maximum absolute atomic E-state index is 13.9. The van der Waals surface area contributed by atoms with Crippen LogP contribution in [0.15, 0.2) is 48.7 Å². The summed E-state index contributed by atoms with van der Waals surface area (Å²) in [6.45, 7) is 4.22. The second-order valence-corrected chi connectivity index (χ2v) is 6.91. The van der Waals surface area contributed by atoms with Gasteiger partial charge in [-0.2, -0.15) is 0 Å². The van der Waals surface area contributed by atoms with Crippen LogP contribution in [0.1, 0.15) is 23.6 Å². The number of aromatic nitrogens is 3. The molecule has 0 saturated carbocycles. The van der Waals surface area contributed by atoms with Crippen molar-refractivity contribution >= 4 is 5.91 Å². The van der Waals surface area contributed by atoms with Gasteiger partial charge in [0.15, 0.2) is 0 Å². The number of nitrogens with two attached hydrogens (primary N) is 1. The van der Waals surface area contributed by atoms with Crippen LogP contribution in [0.2, 0.25) is 0 Å². The number of hydrogen-bond acceptors (Lipinski definition) is 4. The topological polar surface area (TPSA) is 85.8 Å². The predicted molar refractivity (Wildman–Crippen MR) is 106 cm³/mol. The van der Waals surface area contributed by atoms with Gasteiger partial charge in [0.1, 0.15) is 18.1 Å². The summed E-state index contributed by atoms with van der Waals surface area (Å²) in [7, 11) is 0. The molecule has 1 aromatic heterocycles. The molecular weight excluding hydrogens is 357 g/mol. The number of aryl methyl sites for hydroxylation is 1. The molecule has 28 heavy (non-hydrogen) atoms. The molecule has 3 aromatic rings. The highest BCUT2D eigenvalue weighted by molar-refractivity contribution is 5.76. The third-order valence-electron chi connectivity index (χ3n) is 4.61. The van der Waals surface area contributed by atoms with Crippen LogP contribution >= 0.6 is 0 Å². The Balaban J connectivity index is 1.59. The van der Waals surface area contributed by atoms with Crippen molar-refractivity contribution < 1.29 is 9.18 Å². The Kier molecular flexibility index (Phi) is 6.16. The van der Waals surface area contributed by atoms with Gasteiger partial charge in [0.2, 0.25) is 5.91 Å². The highest BCUT2D eigenvalue weighted by atomic mass is 19.1. The Hall–Kier alpha value is -3.06. The van der Waals surface area contributed by atoms with Crippen LogP contribution in [0.5, 0.6) is 0 Å². The van der Waals surface area contributed by atoms with Crippen LogP contribution in [0.3, 0.4) is 0 Å². The third-order valence-corrected chi connectivity index (χ3v) is 4.61. The summed E-state index contributed by atoms with van der Waals surface area (Å²) < 4.78 is 15.3. The minimum Gasteiger partial charge on any atom is -0.352 e. The van der Waals surface area contributed by atoms with Crippen molar-refractivity contribution in [1.82, 2.24) is 20.3 Å². The lowest BCUT2D eigenvalue weighted by Gasteiger charge is -2.15. The summed E-state index contributed by atoms with van der Waals surface area (Å²) >= 11 is 0. The van der Waals surface area contributed by atoms with Crippen LogP contribution in [0.25, 0.3) is 11.3 Å². The third kappa shape index (κ3) is 4.80. The van der Waals surface area contributed by atoms with Crippen molar-refractivity contribution in [2.24, 2.45) is 5.73 Å². The Morgan fingerprint density at radius 1 is 1.25 bits per heavy atom. The zero-order chi connectivity index (χ0) is 20.1. The fraction of sp³-hybridized carbons (Fsp3) is 0.286. The van der Waals surface area contributed by atoms with E-state index in [1.54, 1.807) is 18.3 Å². The summed E-state index contributed by atoms with van der Waals surface area (Å²) in [4.78, 5) is 12.3. The van der Waals surface area contributed by atoms with E-state index in [1.807, 2.05) is 19.1 Å². The number of carbonyl (C=O) groups excluding carboxylic acids is 1. The van der Waals surface area contributed by atoms with Gasteiger partial charge in [-0.15, -0.1) is 5.10 Å². The van der Waals surface area contributed by atoms with Crippen molar-refractivity contribution in [1.29, 1.82) is 0 Å². The molecule has 0 radical (unpaired) electrons. The lowest BCUT2D eigenvalue weighted by Crippen LogP contribution is -2.36. The maximum Gasteiger partial charge on any atom is 0.242 e. The fourth-order valence-electron chi connectivity index (χ4n) is 3.07. The number of nitrogens with zero attached hydrogens (tertiary/aromatic N) is 3. The van der Waals surface area contributed by atoms with E-state index in [2.05, 4.69) is 34.7 Å². The van der Waals surface area contributed by atoms with Crippen LogP contribution < -0.4 is 11.1 Å². The van der Waals surface area contributed by atoms with E-state index in [0.29, 0.717) is 16.8 Å². The molecular formula is C21H24FN5O. The lowest BCUT2D eigenvalue weighted by atomic mass is 10.0. The van der Waals surface area contributed by atoms with E-state index in [4.69, 9.17) is 5.73 Å². The van der Waals surface area contributed by atoms with Gasteiger partial charge in [-0.05, 0) is 37.5 Å². The summed E-state index contributed by atoms with van der Waals surface area (Å²) in [5, 5.41) is 11.0. The molecule has 3 N–H and O–H groups in total. The Morgan fingerprint density at radius 3 is 2.75 bits per heavy atom. The molecule has 0 aliphatic rings.